The summed E-state index contributed by atoms with van der Waals surface area (Å²) in [4.78, 5) is 20.2. The molecule has 1 amide bonds. The molecule has 3 heterocycles. The molecule has 0 aromatic carbocycles. The van der Waals surface area contributed by atoms with Crippen LogP contribution >= 0.6 is 47.5 Å². The Morgan fingerprint density at radius 2 is 2.17 bits per heavy atom. The van der Waals surface area contributed by atoms with Gasteiger partial charge in [0.2, 0.25) is 5.91 Å². The number of likely N-dealkylation sites (tertiary alicyclic amines) is 1. The lowest BCUT2D eigenvalue weighted by atomic mass is 10.0. The Labute approximate surface area is 156 Å². The molecule has 2 aromatic heterocycles. The molecule has 1 saturated heterocycles. The zero-order valence-corrected chi connectivity index (χ0v) is 15.9. The van der Waals surface area contributed by atoms with E-state index in [1.54, 1.807) is 22.7 Å². The third-order valence-electron chi connectivity index (χ3n) is 3.84. The molecule has 0 bridgehead atoms. The topological polar surface area (TPSA) is 59.2 Å². The number of carbonyl (C=O) groups is 1. The quantitative estimate of drug-likeness (QED) is 0.862. The van der Waals surface area contributed by atoms with Gasteiger partial charge >= 0.3 is 0 Å². The first-order valence-corrected chi connectivity index (χ1v) is 9.01. The van der Waals surface area contributed by atoms with Crippen LogP contribution in [0.1, 0.15) is 25.0 Å². The van der Waals surface area contributed by atoms with Gasteiger partial charge < -0.3 is 10.6 Å². The summed E-state index contributed by atoms with van der Waals surface area (Å²) in [7, 11) is 0. The van der Waals surface area contributed by atoms with Gasteiger partial charge in [-0.25, -0.2) is 4.98 Å². The average molecular weight is 394 g/mol. The number of rotatable bonds is 4. The fourth-order valence-electron chi connectivity index (χ4n) is 2.73. The van der Waals surface area contributed by atoms with Crippen molar-refractivity contribution < 1.29 is 4.79 Å². The monoisotopic (exact) mass is 393 g/mol. The molecule has 3 rings (SSSR count). The zero-order chi connectivity index (χ0) is 14.7. The van der Waals surface area contributed by atoms with E-state index in [-0.39, 0.29) is 36.8 Å². The highest BCUT2D eigenvalue weighted by Crippen LogP contribution is 2.28. The van der Waals surface area contributed by atoms with Crippen molar-refractivity contribution in [3.63, 3.8) is 0 Å². The molecule has 0 radical (unpaired) electrons. The predicted octanol–water partition coefficient (Wildman–Crippen LogP) is 3.60. The molecule has 1 aliphatic heterocycles. The Morgan fingerprint density at radius 1 is 1.35 bits per heavy atom. The number of nitrogens with two attached hydrogens (primary N) is 1. The summed E-state index contributed by atoms with van der Waals surface area (Å²) in [5.74, 6) is 0.160. The fourth-order valence-corrected chi connectivity index (χ4v) is 4.37. The maximum atomic E-state index is 12.5. The SMILES string of the molecule is Cl.Cl.NCC1CCCCN1C(=O)Cc1csc(-c2cccs2)n1. The molecular weight excluding hydrogens is 373 g/mol. The summed E-state index contributed by atoms with van der Waals surface area (Å²) in [6.07, 6.45) is 3.67. The lowest BCUT2D eigenvalue weighted by Gasteiger charge is -2.35. The second-order valence-electron chi connectivity index (χ2n) is 5.27. The number of piperidine rings is 1. The molecule has 128 valence electrons. The standard InChI is InChI=1S/C15H19N3OS2.2ClH/c16-9-12-4-1-2-6-18(12)14(19)8-11-10-21-15(17-11)13-5-3-7-20-13;;/h3,5,7,10,12H,1-2,4,6,8-9,16H2;2*1H. The van der Waals surface area contributed by atoms with Gasteiger partial charge in [0, 0.05) is 24.5 Å². The van der Waals surface area contributed by atoms with Crippen molar-refractivity contribution in [3.05, 3.63) is 28.6 Å². The first-order valence-electron chi connectivity index (χ1n) is 7.25. The van der Waals surface area contributed by atoms with Gasteiger partial charge in [0.15, 0.2) is 0 Å². The molecule has 0 saturated carbocycles. The molecule has 2 N–H and O–H groups in total. The minimum atomic E-state index is 0. The normalized spacial score (nSPS) is 17.3. The van der Waals surface area contributed by atoms with E-state index in [2.05, 4.69) is 11.1 Å². The van der Waals surface area contributed by atoms with Crippen molar-refractivity contribution in [1.29, 1.82) is 0 Å². The highest BCUT2D eigenvalue weighted by molar-refractivity contribution is 7.20. The van der Waals surface area contributed by atoms with Gasteiger partial charge in [0.05, 0.1) is 17.0 Å². The number of halogens is 2. The summed E-state index contributed by atoms with van der Waals surface area (Å²) in [6.45, 7) is 1.39. The Balaban J connectivity index is 0.00000132. The Hall–Kier alpha value is -0.660. The second-order valence-corrected chi connectivity index (χ2v) is 7.08. The summed E-state index contributed by atoms with van der Waals surface area (Å²) < 4.78 is 0. The van der Waals surface area contributed by atoms with Gasteiger partial charge in [-0.1, -0.05) is 6.07 Å². The zero-order valence-electron chi connectivity index (χ0n) is 12.6. The van der Waals surface area contributed by atoms with Crippen LogP contribution in [0.3, 0.4) is 0 Å². The molecule has 4 nitrogen and oxygen atoms in total. The molecule has 0 spiro atoms. The van der Waals surface area contributed by atoms with Crippen molar-refractivity contribution >= 4 is 53.4 Å². The molecule has 1 unspecified atom stereocenters. The van der Waals surface area contributed by atoms with Crippen LogP contribution in [-0.4, -0.2) is 34.9 Å². The van der Waals surface area contributed by atoms with E-state index in [4.69, 9.17) is 5.73 Å². The van der Waals surface area contributed by atoms with Crippen molar-refractivity contribution in [3.8, 4) is 9.88 Å². The number of thiazole rings is 1. The first kappa shape index (κ1) is 20.4. The molecule has 1 fully saturated rings. The first-order chi connectivity index (χ1) is 10.3. The summed E-state index contributed by atoms with van der Waals surface area (Å²) >= 11 is 3.28. The lowest BCUT2D eigenvalue weighted by Crippen LogP contribution is -2.48. The van der Waals surface area contributed by atoms with E-state index >= 15 is 0 Å². The van der Waals surface area contributed by atoms with E-state index in [1.807, 2.05) is 21.7 Å². The van der Waals surface area contributed by atoms with Crippen LogP contribution in [0.2, 0.25) is 0 Å². The molecule has 23 heavy (non-hydrogen) atoms. The van der Waals surface area contributed by atoms with Crippen LogP contribution in [0, 0.1) is 0 Å². The van der Waals surface area contributed by atoms with Crippen LogP contribution in [0.15, 0.2) is 22.9 Å². The predicted molar refractivity (Wildman–Crippen MR) is 102 cm³/mol. The smallest absolute Gasteiger partial charge is 0.228 e. The highest BCUT2D eigenvalue weighted by Gasteiger charge is 2.25. The van der Waals surface area contributed by atoms with E-state index in [1.165, 1.54) is 6.42 Å². The van der Waals surface area contributed by atoms with Gasteiger partial charge in [-0.15, -0.1) is 47.5 Å². The number of nitrogens with zero attached hydrogens (tertiary/aromatic N) is 2. The molecule has 2 aromatic rings. The number of amides is 1. The molecule has 8 heteroatoms. The second kappa shape index (κ2) is 9.59. The largest absolute Gasteiger partial charge is 0.338 e. The third-order valence-corrected chi connectivity index (χ3v) is 5.77. The van der Waals surface area contributed by atoms with E-state index < -0.39 is 0 Å². The van der Waals surface area contributed by atoms with Gasteiger partial charge in [-0.2, -0.15) is 0 Å². The number of hydrogen-bond acceptors (Lipinski definition) is 5. The van der Waals surface area contributed by atoms with Crippen LogP contribution < -0.4 is 5.73 Å². The Kier molecular flexibility index (Phi) is 8.50. The molecule has 0 aliphatic carbocycles. The van der Waals surface area contributed by atoms with Gasteiger partial charge in [-0.05, 0) is 30.7 Å². The van der Waals surface area contributed by atoms with Crippen LogP contribution in [0.4, 0.5) is 0 Å². The van der Waals surface area contributed by atoms with Gasteiger partial charge in [-0.3, -0.25) is 4.79 Å². The Morgan fingerprint density at radius 3 is 2.87 bits per heavy atom. The third kappa shape index (κ3) is 4.90. The van der Waals surface area contributed by atoms with Crippen molar-refractivity contribution in [2.45, 2.75) is 31.7 Å². The van der Waals surface area contributed by atoms with Crippen LogP contribution in [-0.2, 0) is 11.2 Å². The van der Waals surface area contributed by atoms with Crippen LogP contribution in [0.5, 0.6) is 0 Å². The van der Waals surface area contributed by atoms with Crippen LogP contribution in [0.25, 0.3) is 9.88 Å². The van der Waals surface area contributed by atoms with E-state index in [0.717, 1.165) is 35.0 Å². The average Bonchev–Trinajstić information content (AvgIpc) is 3.17. The van der Waals surface area contributed by atoms with Crippen molar-refractivity contribution in [2.24, 2.45) is 5.73 Å². The summed E-state index contributed by atoms with van der Waals surface area (Å²) in [5, 5.41) is 5.04. The van der Waals surface area contributed by atoms with Gasteiger partial charge in [0.25, 0.3) is 0 Å². The van der Waals surface area contributed by atoms with E-state index in [9.17, 15) is 4.79 Å². The number of aromatic nitrogens is 1. The lowest BCUT2D eigenvalue weighted by molar-refractivity contribution is -0.133. The fraction of sp³-hybridized carbons (Fsp3) is 0.467. The molecule has 1 atom stereocenters. The highest BCUT2D eigenvalue weighted by atomic mass is 35.5. The maximum absolute atomic E-state index is 12.5. The Bertz CT molecular complexity index is 604. The molecular formula is C15H21Cl2N3OS2. The van der Waals surface area contributed by atoms with Crippen molar-refractivity contribution in [1.82, 2.24) is 9.88 Å². The number of hydrogen-bond donors (Lipinski definition) is 1. The number of thiophene rings is 1. The minimum Gasteiger partial charge on any atom is -0.338 e. The molecule has 1 aliphatic rings. The summed E-state index contributed by atoms with van der Waals surface area (Å²) in [6, 6.07) is 4.29. The maximum Gasteiger partial charge on any atom is 0.228 e. The summed E-state index contributed by atoms with van der Waals surface area (Å²) in [5.41, 5.74) is 6.66. The number of carbonyl (C=O) groups excluding carboxylic acids is 1. The van der Waals surface area contributed by atoms with Crippen molar-refractivity contribution in [2.75, 3.05) is 13.1 Å². The minimum absolute atomic E-state index is 0. The van der Waals surface area contributed by atoms with E-state index in [0.29, 0.717) is 13.0 Å². The van der Waals surface area contributed by atoms with Gasteiger partial charge in [0.1, 0.15) is 5.01 Å².